The summed E-state index contributed by atoms with van der Waals surface area (Å²) in [5.74, 6) is 5.29. The molecule has 3 N–H and O–H groups in total. The van der Waals surface area contributed by atoms with E-state index < -0.39 is 0 Å². The third-order valence-electron chi connectivity index (χ3n) is 1.86. The van der Waals surface area contributed by atoms with E-state index in [1.807, 2.05) is 6.92 Å². The van der Waals surface area contributed by atoms with Gasteiger partial charge in [0.15, 0.2) is 0 Å². The summed E-state index contributed by atoms with van der Waals surface area (Å²) < 4.78 is 12.5. The molecule has 0 amide bonds. The molecule has 2 nitrogen and oxygen atoms in total. The van der Waals surface area contributed by atoms with Crippen LogP contribution in [0.5, 0.6) is 0 Å². The Morgan fingerprint density at radius 1 is 1.42 bits per heavy atom. The summed E-state index contributed by atoms with van der Waals surface area (Å²) in [6, 6.07) is 6.47. The van der Waals surface area contributed by atoms with E-state index in [1.54, 1.807) is 12.1 Å². The van der Waals surface area contributed by atoms with Crippen LogP contribution in [-0.4, -0.2) is 6.54 Å². The van der Waals surface area contributed by atoms with Crippen LogP contribution in [0.25, 0.3) is 0 Å². The molecule has 0 radical (unpaired) electrons. The van der Waals surface area contributed by atoms with Crippen molar-refractivity contribution in [1.29, 1.82) is 0 Å². The lowest BCUT2D eigenvalue weighted by atomic mass is 10.0. The molecule has 1 unspecified atom stereocenters. The van der Waals surface area contributed by atoms with Crippen LogP contribution in [0, 0.1) is 5.82 Å². The molecule has 0 aliphatic rings. The summed E-state index contributed by atoms with van der Waals surface area (Å²) in [6.45, 7) is 2.73. The van der Waals surface area contributed by atoms with Gasteiger partial charge in [-0.1, -0.05) is 19.1 Å². The van der Waals surface area contributed by atoms with Crippen LogP contribution in [0.1, 0.15) is 18.4 Å². The number of nitrogens with one attached hydrogen (secondary N) is 1. The van der Waals surface area contributed by atoms with Crippen LogP contribution in [0.2, 0.25) is 0 Å². The first kappa shape index (κ1) is 9.16. The lowest BCUT2D eigenvalue weighted by molar-refractivity contribution is 0.618. The second-order valence-electron chi connectivity index (χ2n) is 2.86. The molecule has 0 bridgehead atoms. The summed E-state index contributed by atoms with van der Waals surface area (Å²) in [5.41, 5.74) is 3.68. The molecule has 3 heteroatoms. The number of halogens is 1. The largest absolute Gasteiger partial charge is 0.271 e. The molecule has 0 saturated carbocycles. The number of benzene rings is 1. The van der Waals surface area contributed by atoms with Crippen LogP contribution < -0.4 is 11.3 Å². The van der Waals surface area contributed by atoms with Gasteiger partial charge in [0.25, 0.3) is 0 Å². The Morgan fingerprint density at radius 3 is 2.50 bits per heavy atom. The molecule has 66 valence electrons. The van der Waals surface area contributed by atoms with Crippen molar-refractivity contribution in [3.05, 3.63) is 35.6 Å². The summed E-state index contributed by atoms with van der Waals surface area (Å²) >= 11 is 0. The van der Waals surface area contributed by atoms with Gasteiger partial charge >= 0.3 is 0 Å². The Labute approximate surface area is 71.6 Å². The van der Waals surface area contributed by atoms with Gasteiger partial charge in [-0.15, -0.1) is 0 Å². The lowest BCUT2D eigenvalue weighted by Gasteiger charge is -2.09. The molecule has 0 saturated heterocycles. The molecular weight excluding hydrogens is 155 g/mol. The van der Waals surface area contributed by atoms with E-state index in [9.17, 15) is 4.39 Å². The minimum Gasteiger partial charge on any atom is -0.271 e. The van der Waals surface area contributed by atoms with E-state index in [2.05, 4.69) is 5.43 Å². The number of hydrogen-bond acceptors (Lipinski definition) is 2. The lowest BCUT2D eigenvalue weighted by Crippen LogP contribution is -2.26. The molecule has 0 aliphatic carbocycles. The summed E-state index contributed by atoms with van der Waals surface area (Å²) in [4.78, 5) is 0. The van der Waals surface area contributed by atoms with Gasteiger partial charge in [-0.3, -0.25) is 11.3 Å². The first-order valence-electron chi connectivity index (χ1n) is 3.93. The molecule has 1 aromatic carbocycles. The highest BCUT2D eigenvalue weighted by molar-refractivity contribution is 5.19. The highest BCUT2D eigenvalue weighted by Crippen LogP contribution is 2.13. The predicted molar refractivity (Wildman–Crippen MR) is 47.0 cm³/mol. The average molecular weight is 168 g/mol. The van der Waals surface area contributed by atoms with Crippen LogP contribution in [0.4, 0.5) is 4.39 Å². The van der Waals surface area contributed by atoms with Crippen molar-refractivity contribution in [3.63, 3.8) is 0 Å². The summed E-state index contributed by atoms with van der Waals surface area (Å²) in [5, 5.41) is 0. The van der Waals surface area contributed by atoms with Gasteiger partial charge in [0, 0.05) is 6.54 Å². The zero-order valence-electron chi connectivity index (χ0n) is 7.05. The second kappa shape index (κ2) is 4.18. The smallest absolute Gasteiger partial charge is 0.123 e. The normalized spacial score (nSPS) is 12.9. The van der Waals surface area contributed by atoms with Gasteiger partial charge in [0.05, 0.1) is 0 Å². The van der Waals surface area contributed by atoms with Crippen molar-refractivity contribution in [1.82, 2.24) is 5.43 Å². The van der Waals surface area contributed by atoms with Gasteiger partial charge in [-0.05, 0) is 23.6 Å². The summed E-state index contributed by atoms with van der Waals surface area (Å²) in [6.07, 6.45) is 0. The van der Waals surface area contributed by atoms with Crippen molar-refractivity contribution in [3.8, 4) is 0 Å². The van der Waals surface area contributed by atoms with Gasteiger partial charge in [-0.2, -0.15) is 0 Å². The van der Waals surface area contributed by atoms with E-state index in [1.165, 1.54) is 12.1 Å². The Hall–Kier alpha value is -0.930. The zero-order chi connectivity index (χ0) is 8.97. The average Bonchev–Trinajstić information content (AvgIpc) is 2.06. The number of hydrazine groups is 1. The minimum absolute atomic E-state index is 0.202. The van der Waals surface area contributed by atoms with Crippen molar-refractivity contribution < 1.29 is 4.39 Å². The molecule has 1 aromatic rings. The monoisotopic (exact) mass is 168 g/mol. The second-order valence-corrected chi connectivity index (χ2v) is 2.86. The third-order valence-corrected chi connectivity index (χ3v) is 1.86. The van der Waals surface area contributed by atoms with Crippen molar-refractivity contribution in [2.24, 2.45) is 5.84 Å². The Balaban J connectivity index is 2.68. The van der Waals surface area contributed by atoms with Crippen molar-refractivity contribution >= 4 is 0 Å². The molecule has 0 fully saturated rings. The number of nitrogens with two attached hydrogens (primary N) is 1. The van der Waals surface area contributed by atoms with Crippen molar-refractivity contribution in [2.45, 2.75) is 12.8 Å². The maximum Gasteiger partial charge on any atom is 0.123 e. The first-order valence-corrected chi connectivity index (χ1v) is 3.93. The van der Waals surface area contributed by atoms with Gasteiger partial charge in [0.2, 0.25) is 0 Å². The molecule has 1 rings (SSSR count). The molecule has 1 atom stereocenters. The topological polar surface area (TPSA) is 38.0 Å². The van der Waals surface area contributed by atoms with Gasteiger partial charge in [0.1, 0.15) is 5.82 Å². The molecule has 0 spiro atoms. The van der Waals surface area contributed by atoms with E-state index >= 15 is 0 Å². The molecular formula is C9H13FN2. The van der Waals surface area contributed by atoms with Crippen LogP contribution in [-0.2, 0) is 0 Å². The van der Waals surface area contributed by atoms with Crippen LogP contribution in [0.15, 0.2) is 24.3 Å². The summed E-state index contributed by atoms with van der Waals surface area (Å²) in [7, 11) is 0. The molecule has 0 heterocycles. The van der Waals surface area contributed by atoms with E-state index in [0.29, 0.717) is 12.5 Å². The SMILES string of the molecule is CC(CNN)c1ccc(F)cc1. The quantitative estimate of drug-likeness (QED) is 0.528. The van der Waals surface area contributed by atoms with Crippen molar-refractivity contribution in [2.75, 3.05) is 6.54 Å². The van der Waals surface area contributed by atoms with E-state index in [0.717, 1.165) is 5.56 Å². The van der Waals surface area contributed by atoms with E-state index in [4.69, 9.17) is 5.84 Å². The van der Waals surface area contributed by atoms with Crippen LogP contribution in [0.3, 0.4) is 0 Å². The predicted octanol–water partition coefficient (Wildman–Crippen LogP) is 1.39. The Morgan fingerprint density at radius 2 is 2.00 bits per heavy atom. The zero-order valence-corrected chi connectivity index (χ0v) is 7.05. The Bertz CT molecular complexity index is 233. The highest BCUT2D eigenvalue weighted by atomic mass is 19.1. The third kappa shape index (κ3) is 2.29. The maximum absolute atomic E-state index is 12.5. The number of rotatable bonds is 3. The highest BCUT2D eigenvalue weighted by Gasteiger charge is 2.03. The van der Waals surface area contributed by atoms with Gasteiger partial charge < -0.3 is 0 Å². The fourth-order valence-corrected chi connectivity index (χ4v) is 1.09. The molecule has 0 aliphatic heterocycles. The maximum atomic E-state index is 12.5. The standard InChI is InChI=1S/C9H13FN2/c1-7(6-12-11)8-2-4-9(10)5-3-8/h2-5,7,12H,6,11H2,1H3. The minimum atomic E-state index is -0.202. The van der Waals surface area contributed by atoms with Crippen LogP contribution >= 0.6 is 0 Å². The fraction of sp³-hybridized carbons (Fsp3) is 0.333. The van der Waals surface area contributed by atoms with E-state index in [-0.39, 0.29) is 5.82 Å². The Kier molecular flexibility index (Phi) is 3.19. The van der Waals surface area contributed by atoms with Gasteiger partial charge in [-0.25, -0.2) is 4.39 Å². The number of hydrogen-bond donors (Lipinski definition) is 2. The fourth-order valence-electron chi connectivity index (χ4n) is 1.09. The first-order chi connectivity index (χ1) is 5.74. The molecule has 12 heavy (non-hydrogen) atoms. The molecule has 0 aromatic heterocycles.